The van der Waals surface area contributed by atoms with Crippen LogP contribution in [0.2, 0.25) is 0 Å². The van der Waals surface area contributed by atoms with Crippen LogP contribution in [0.15, 0.2) is 223 Å². The van der Waals surface area contributed by atoms with Crippen molar-refractivity contribution in [2.45, 2.75) is 0 Å². The van der Waals surface area contributed by atoms with Crippen molar-refractivity contribution in [3.05, 3.63) is 219 Å². The van der Waals surface area contributed by atoms with Gasteiger partial charge in [-0.05, 0) is 78.8 Å². The Kier molecular flexibility index (Phi) is 8.17. The van der Waals surface area contributed by atoms with Gasteiger partial charge < -0.3 is 4.42 Å². The SMILES string of the molecule is c1ccc(-c2oc(-c3cc4ccccc4c4ccccc34)c(-c3ccccc3)c2-c2cccc(-c3ccc(-c4ccc5ccc6cccnc6c5n4)c4ccccc34)c2)cc1. The molecule has 0 aliphatic rings. The monoisotopic (exact) mass is 776 g/mol. The minimum atomic E-state index is 0.841. The van der Waals surface area contributed by atoms with Crippen LogP contribution in [0.25, 0.3) is 121 Å². The molecule has 0 aliphatic carbocycles. The fourth-order valence-corrected chi connectivity index (χ4v) is 9.30. The summed E-state index contributed by atoms with van der Waals surface area (Å²) in [6, 6.07) is 75.6. The zero-order chi connectivity index (χ0) is 40.3. The number of fused-ring (bicyclic) bond motifs is 7. The maximum Gasteiger partial charge on any atom is 0.143 e. The third-order valence-electron chi connectivity index (χ3n) is 12.1. The molecule has 0 aliphatic heterocycles. The molecule has 12 aromatic rings. The van der Waals surface area contributed by atoms with Gasteiger partial charge in [-0.25, -0.2) is 4.98 Å². The zero-order valence-electron chi connectivity index (χ0n) is 33.1. The molecule has 9 aromatic carbocycles. The first kappa shape index (κ1) is 34.9. The van der Waals surface area contributed by atoms with Gasteiger partial charge in [0, 0.05) is 44.8 Å². The molecule has 284 valence electrons. The molecular formula is C58H36N2O. The summed E-state index contributed by atoms with van der Waals surface area (Å²) in [6.07, 6.45) is 1.84. The topological polar surface area (TPSA) is 38.9 Å². The van der Waals surface area contributed by atoms with E-state index in [4.69, 9.17) is 14.4 Å². The standard InChI is InChI=1S/C58H36N2O/c1-3-15-37(16-4-1)53-54(57(40-17-5-2-6-18-40)61-58(53)51-36-42-19-7-8-23-44(42)46-24-10-12-27-49(46)51)43-21-13-20-41(35-43)45-31-32-50(48-26-11-9-25-47(45)48)52-33-30-39-29-28-38-22-14-34-59-55(38)56(39)60-52/h1-36H. The second-order valence-corrected chi connectivity index (χ2v) is 15.6. The second kappa shape index (κ2) is 14.3. The molecule has 3 heterocycles. The summed E-state index contributed by atoms with van der Waals surface area (Å²) in [5.41, 5.74) is 12.5. The minimum absolute atomic E-state index is 0.841. The number of benzene rings is 9. The van der Waals surface area contributed by atoms with Crippen LogP contribution in [-0.2, 0) is 0 Å². The van der Waals surface area contributed by atoms with Gasteiger partial charge in [0.25, 0.3) is 0 Å². The van der Waals surface area contributed by atoms with Crippen molar-refractivity contribution in [3.63, 3.8) is 0 Å². The average molecular weight is 777 g/mol. The third-order valence-corrected chi connectivity index (χ3v) is 12.1. The average Bonchev–Trinajstić information content (AvgIpc) is 3.74. The predicted molar refractivity (Wildman–Crippen MR) is 254 cm³/mol. The Morgan fingerprint density at radius 2 is 0.869 bits per heavy atom. The van der Waals surface area contributed by atoms with Gasteiger partial charge in [0.05, 0.1) is 16.7 Å². The lowest BCUT2D eigenvalue weighted by Gasteiger charge is -2.14. The van der Waals surface area contributed by atoms with Crippen molar-refractivity contribution in [1.29, 1.82) is 0 Å². The predicted octanol–water partition coefficient (Wildman–Crippen LogP) is 15.8. The molecule has 3 heteroatoms. The number of furan rings is 1. The van der Waals surface area contributed by atoms with Gasteiger partial charge >= 0.3 is 0 Å². The minimum Gasteiger partial charge on any atom is -0.455 e. The molecule has 0 radical (unpaired) electrons. The van der Waals surface area contributed by atoms with E-state index in [1.165, 1.54) is 16.2 Å². The van der Waals surface area contributed by atoms with Crippen LogP contribution in [0.4, 0.5) is 0 Å². The summed E-state index contributed by atoms with van der Waals surface area (Å²) in [5.74, 6) is 1.70. The van der Waals surface area contributed by atoms with E-state index in [0.717, 1.165) is 105 Å². The molecule has 3 aromatic heterocycles. The maximum atomic E-state index is 7.31. The summed E-state index contributed by atoms with van der Waals surface area (Å²) in [5, 5.41) is 9.24. The lowest BCUT2D eigenvalue weighted by molar-refractivity contribution is 0.599. The first-order chi connectivity index (χ1) is 30.3. The van der Waals surface area contributed by atoms with Crippen LogP contribution in [0.3, 0.4) is 0 Å². The van der Waals surface area contributed by atoms with Gasteiger partial charge in [-0.3, -0.25) is 4.98 Å². The smallest absolute Gasteiger partial charge is 0.143 e. The van der Waals surface area contributed by atoms with Gasteiger partial charge in [-0.15, -0.1) is 0 Å². The molecule has 3 nitrogen and oxygen atoms in total. The third kappa shape index (κ3) is 5.82. The van der Waals surface area contributed by atoms with E-state index in [1.54, 1.807) is 0 Å². The van der Waals surface area contributed by atoms with Gasteiger partial charge in [0.2, 0.25) is 0 Å². The Morgan fingerprint density at radius 1 is 0.311 bits per heavy atom. The van der Waals surface area contributed by atoms with Gasteiger partial charge in [0.15, 0.2) is 0 Å². The largest absolute Gasteiger partial charge is 0.455 e. The molecule has 0 N–H and O–H groups in total. The molecule has 0 atom stereocenters. The number of nitrogens with zero attached hydrogens (tertiary/aromatic N) is 2. The summed E-state index contributed by atoms with van der Waals surface area (Å²) in [6.45, 7) is 0. The number of rotatable bonds is 6. The molecule has 0 saturated heterocycles. The van der Waals surface area contributed by atoms with E-state index in [2.05, 4.69) is 206 Å². The van der Waals surface area contributed by atoms with Crippen molar-refractivity contribution in [3.8, 4) is 67.3 Å². The first-order valence-electron chi connectivity index (χ1n) is 20.7. The molecule has 0 saturated carbocycles. The summed E-state index contributed by atoms with van der Waals surface area (Å²) in [7, 11) is 0. The van der Waals surface area contributed by atoms with Crippen LogP contribution in [0.5, 0.6) is 0 Å². The van der Waals surface area contributed by atoms with E-state index in [1.807, 2.05) is 12.3 Å². The molecule has 0 bridgehead atoms. The highest BCUT2D eigenvalue weighted by atomic mass is 16.3. The maximum absolute atomic E-state index is 7.31. The normalized spacial score (nSPS) is 11.6. The second-order valence-electron chi connectivity index (χ2n) is 15.6. The van der Waals surface area contributed by atoms with Crippen molar-refractivity contribution in [2.75, 3.05) is 0 Å². The quantitative estimate of drug-likeness (QED) is 0.158. The molecule has 12 rings (SSSR count). The fourth-order valence-electron chi connectivity index (χ4n) is 9.30. The highest BCUT2D eigenvalue weighted by Crippen LogP contribution is 2.51. The van der Waals surface area contributed by atoms with E-state index >= 15 is 0 Å². The van der Waals surface area contributed by atoms with Gasteiger partial charge in [0.1, 0.15) is 11.5 Å². The molecule has 0 fully saturated rings. The first-order valence-corrected chi connectivity index (χ1v) is 20.7. The van der Waals surface area contributed by atoms with Crippen LogP contribution < -0.4 is 0 Å². The van der Waals surface area contributed by atoms with Crippen molar-refractivity contribution < 1.29 is 4.42 Å². The fraction of sp³-hybridized carbons (Fsp3) is 0. The van der Waals surface area contributed by atoms with E-state index in [-0.39, 0.29) is 0 Å². The van der Waals surface area contributed by atoms with Crippen LogP contribution in [-0.4, -0.2) is 9.97 Å². The summed E-state index contributed by atoms with van der Waals surface area (Å²) >= 11 is 0. The lowest BCUT2D eigenvalue weighted by atomic mass is 9.87. The molecule has 61 heavy (non-hydrogen) atoms. The number of aromatic nitrogens is 2. The summed E-state index contributed by atoms with van der Waals surface area (Å²) in [4.78, 5) is 9.97. The van der Waals surface area contributed by atoms with Gasteiger partial charge in [-0.2, -0.15) is 0 Å². The number of hydrogen-bond acceptors (Lipinski definition) is 3. The van der Waals surface area contributed by atoms with Crippen molar-refractivity contribution in [1.82, 2.24) is 9.97 Å². The Hall–Kier alpha value is -8.14. The highest BCUT2D eigenvalue weighted by Gasteiger charge is 2.27. The molecule has 0 unspecified atom stereocenters. The van der Waals surface area contributed by atoms with E-state index in [9.17, 15) is 0 Å². The summed E-state index contributed by atoms with van der Waals surface area (Å²) < 4.78 is 7.31. The molecule has 0 spiro atoms. The van der Waals surface area contributed by atoms with Crippen LogP contribution >= 0.6 is 0 Å². The van der Waals surface area contributed by atoms with E-state index in [0.29, 0.717) is 0 Å². The van der Waals surface area contributed by atoms with Gasteiger partial charge in [-0.1, -0.05) is 188 Å². The Balaban J connectivity index is 1.08. The van der Waals surface area contributed by atoms with Crippen LogP contribution in [0, 0.1) is 0 Å². The molecule has 0 amide bonds. The zero-order valence-corrected chi connectivity index (χ0v) is 33.1. The Morgan fingerprint density at radius 3 is 1.66 bits per heavy atom. The van der Waals surface area contributed by atoms with Crippen LogP contribution in [0.1, 0.15) is 0 Å². The highest BCUT2D eigenvalue weighted by molar-refractivity contribution is 6.16. The van der Waals surface area contributed by atoms with Crippen molar-refractivity contribution in [2.24, 2.45) is 0 Å². The number of pyridine rings is 2. The Bertz CT molecular complexity index is 3640. The lowest BCUT2D eigenvalue weighted by Crippen LogP contribution is -1.91. The molecular weight excluding hydrogens is 741 g/mol. The van der Waals surface area contributed by atoms with E-state index < -0.39 is 0 Å². The van der Waals surface area contributed by atoms with Crippen molar-refractivity contribution >= 4 is 54.1 Å². The number of hydrogen-bond donors (Lipinski definition) is 0. The Labute approximate surface area is 352 Å².